The molecular weight excluding hydrogens is 485 g/mol. The number of pyridine rings is 1. The van der Waals surface area contributed by atoms with Gasteiger partial charge in [0.1, 0.15) is 5.75 Å². The van der Waals surface area contributed by atoms with Crippen molar-refractivity contribution in [2.75, 3.05) is 46.6 Å². The number of nitrogens with one attached hydrogen (secondary N) is 1. The van der Waals surface area contributed by atoms with Gasteiger partial charge in [-0.1, -0.05) is 0 Å². The van der Waals surface area contributed by atoms with Crippen molar-refractivity contribution in [1.82, 2.24) is 15.3 Å². The fourth-order valence-corrected chi connectivity index (χ4v) is 3.81. The van der Waals surface area contributed by atoms with Crippen molar-refractivity contribution in [2.45, 2.75) is 6.42 Å². The molecule has 2 heterocycles. The summed E-state index contributed by atoms with van der Waals surface area (Å²) in [6.07, 6.45) is 3.89. The highest BCUT2D eigenvalue weighted by molar-refractivity contribution is 7.80. The summed E-state index contributed by atoms with van der Waals surface area (Å²) in [5.74, 6) is 1.09. The van der Waals surface area contributed by atoms with Crippen LogP contribution in [0.5, 0.6) is 23.0 Å². The molecule has 4 rings (SSSR count). The predicted octanol–water partition coefficient (Wildman–Crippen LogP) is 3.44. The number of halogens is 1. The number of fused-ring (bicyclic) bond motifs is 1. The highest BCUT2D eigenvalue weighted by atomic mass is 32.1. The van der Waals surface area contributed by atoms with Gasteiger partial charge in [-0.3, -0.25) is 15.3 Å². The van der Waals surface area contributed by atoms with Crippen LogP contribution in [0.1, 0.15) is 12.0 Å². The lowest BCUT2D eigenvalue weighted by Crippen LogP contribution is -2.37. The van der Waals surface area contributed by atoms with Crippen LogP contribution < -0.4 is 25.4 Å². The number of rotatable bonds is 10. The van der Waals surface area contributed by atoms with E-state index in [-0.39, 0.29) is 10.9 Å². The van der Waals surface area contributed by atoms with Crippen LogP contribution in [0, 0.1) is 5.82 Å². The van der Waals surface area contributed by atoms with Crippen molar-refractivity contribution >= 4 is 34.4 Å². The number of methoxy groups -OCH3 is 1. The highest BCUT2D eigenvalue weighted by Gasteiger charge is 2.14. The summed E-state index contributed by atoms with van der Waals surface area (Å²) < 4.78 is 37.6. The molecule has 0 amide bonds. The minimum atomic E-state index is -0.550. The predicted molar refractivity (Wildman–Crippen MR) is 140 cm³/mol. The van der Waals surface area contributed by atoms with Crippen molar-refractivity contribution < 1.29 is 23.3 Å². The molecule has 11 heteroatoms. The van der Waals surface area contributed by atoms with E-state index in [2.05, 4.69) is 32.6 Å². The Balaban J connectivity index is 1.46. The fourth-order valence-electron chi connectivity index (χ4n) is 3.75. The zero-order chi connectivity index (χ0) is 25.3. The quantitative estimate of drug-likeness (QED) is 0.183. The Bertz CT molecular complexity index is 1240. The number of hydrazone groups is 1. The van der Waals surface area contributed by atoms with Gasteiger partial charge in [-0.05, 0) is 54.5 Å². The van der Waals surface area contributed by atoms with Gasteiger partial charge in [-0.25, -0.2) is 4.39 Å². The summed E-state index contributed by atoms with van der Waals surface area (Å²) in [6.45, 7) is 4.94. The summed E-state index contributed by atoms with van der Waals surface area (Å²) in [5, 5.41) is 4.51. The van der Waals surface area contributed by atoms with Gasteiger partial charge in [-0.2, -0.15) is 5.10 Å². The average molecular weight is 514 g/mol. The second-order valence-electron chi connectivity index (χ2n) is 8.01. The van der Waals surface area contributed by atoms with Crippen LogP contribution in [0.3, 0.4) is 0 Å². The van der Waals surface area contributed by atoms with E-state index < -0.39 is 5.82 Å². The minimum Gasteiger partial charge on any atom is -0.493 e. The second-order valence-corrected chi connectivity index (χ2v) is 8.45. The molecular formula is C25H28FN5O4S. The van der Waals surface area contributed by atoms with Crippen molar-refractivity contribution in [3.8, 4) is 23.0 Å². The molecule has 3 aromatic rings. The fraction of sp³-hybridized carbons (Fsp3) is 0.320. The maximum absolute atomic E-state index is 14.7. The number of hydrogen-bond donors (Lipinski definition) is 2. The van der Waals surface area contributed by atoms with E-state index in [1.165, 1.54) is 18.3 Å². The van der Waals surface area contributed by atoms with Crippen LogP contribution in [-0.2, 0) is 4.74 Å². The first-order valence-corrected chi connectivity index (χ1v) is 11.9. The lowest BCUT2D eigenvalue weighted by molar-refractivity contribution is 0.0357. The molecule has 9 nitrogen and oxygen atoms in total. The Morgan fingerprint density at radius 1 is 1.19 bits per heavy atom. The maximum Gasteiger partial charge on any atom is 0.184 e. The van der Waals surface area contributed by atoms with Gasteiger partial charge in [0.2, 0.25) is 0 Å². The Hall–Kier alpha value is -3.54. The Kier molecular flexibility index (Phi) is 8.82. The standard InChI is InChI=1S/C25H28FN5O4S/c1-32-23-14-18-20(15-24(23)34-10-2-7-31-8-11-33-12-9-31)28-6-5-21(18)35-22-4-3-17(13-19(22)26)16-29-30-25(27)36/h3-6,13-16H,2,7-12H2,1H3,(H3,27,30,36). The third kappa shape index (κ3) is 6.78. The van der Waals surface area contributed by atoms with Crippen LogP contribution in [0.4, 0.5) is 4.39 Å². The molecule has 0 bridgehead atoms. The first-order chi connectivity index (χ1) is 17.5. The van der Waals surface area contributed by atoms with Crippen LogP contribution in [-0.4, -0.2) is 67.8 Å². The van der Waals surface area contributed by atoms with E-state index in [4.69, 9.17) is 24.7 Å². The van der Waals surface area contributed by atoms with Crippen molar-refractivity contribution in [2.24, 2.45) is 10.8 Å². The lowest BCUT2D eigenvalue weighted by atomic mass is 10.1. The van der Waals surface area contributed by atoms with E-state index in [0.717, 1.165) is 39.3 Å². The number of nitrogens with zero attached hydrogens (tertiary/aromatic N) is 3. The third-order valence-electron chi connectivity index (χ3n) is 5.53. The number of benzene rings is 2. The Morgan fingerprint density at radius 2 is 2.03 bits per heavy atom. The van der Waals surface area contributed by atoms with Gasteiger partial charge < -0.3 is 24.7 Å². The SMILES string of the molecule is COc1cc2c(Oc3ccc(C=NNC(N)=S)cc3F)ccnc2cc1OCCCN1CCOCC1. The summed E-state index contributed by atoms with van der Waals surface area (Å²) in [5.41, 5.74) is 8.90. The first kappa shape index (κ1) is 25.5. The summed E-state index contributed by atoms with van der Waals surface area (Å²) in [4.78, 5) is 6.79. The van der Waals surface area contributed by atoms with Crippen molar-refractivity contribution in [3.63, 3.8) is 0 Å². The number of thiocarbonyl (C=S) groups is 1. The van der Waals surface area contributed by atoms with E-state index in [9.17, 15) is 4.39 Å². The summed E-state index contributed by atoms with van der Waals surface area (Å²) in [6, 6.07) is 9.75. The highest BCUT2D eigenvalue weighted by Crippen LogP contribution is 2.37. The van der Waals surface area contributed by atoms with Gasteiger partial charge in [0, 0.05) is 37.3 Å². The summed E-state index contributed by atoms with van der Waals surface area (Å²) in [7, 11) is 1.57. The van der Waals surface area contributed by atoms with Crippen LogP contribution in [0.15, 0.2) is 47.7 Å². The molecule has 0 aliphatic carbocycles. The number of ether oxygens (including phenoxy) is 4. The van der Waals surface area contributed by atoms with E-state index >= 15 is 0 Å². The Labute approximate surface area is 214 Å². The molecule has 1 aliphatic heterocycles. The zero-order valence-corrected chi connectivity index (χ0v) is 20.7. The molecule has 190 valence electrons. The molecule has 3 N–H and O–H groups in total. The van der Waals surface area contributed by atoms with Gasteiger partial charge in [0.15, 0.2) is 28.2 Å². The molecule has 1 saturated heterocycles. The molecule has 0 saturated carbocycles. The van der Waals surface area contributed by atoms with E-state index in [0.29, 0.717) is 40.3 Å². The minimum absolute atomic E-state index is 0.0215. The molecule has 0 atom stereocenters. The number of hydrogen-bond acceptors (Lipinski definition) is 8. The average Bonchev–Trinajstić information content (AvgIpc) is 2.88. The summed E-state index contributed by atoms with van der Waals surface area (Å²) >= 11 is 4.68. The van der Waals surface area contributed by atoms with Crippen LogP contribution >= 0.6 is 12.2 Å². The second kappa shape index (κ2) is 12.4. The number of aromatic nitrogens is 1. The van der Waals surface area contributed by atoms with Gasteiger partial charge >= 0.3 is 0 Å². The molecule has 1 aromatic heterocycles. The van der Waals surface area contributed by atoms with Crippen molar-refractivity contribution in [3.05, 3.63) is 54.0 Å². The number of nitrogens with two attached hydrogens (primary N) is 1. The van der Waals surface area contributed by atoms with Crippen molar-refractivity contribution in [1.29, 1.82) is 0 Å². The lowest BCUT2D eigenvalue weighted by Gasteiger charge is -2.26. The van der Waals surface area contributed by atoms with Crippen LogP contribution in [0.25, 0.3) is 10.9 Å². The van der Waals surface area contributed by atoms with Gasteiger partial charge in [-0.15, -0.1) is 0 Å². The van der Waals surface area contributed by atoms with Gasteiger partial charge in [0.25, 0.3) is 0 Å². The molecule has 1 aliphatic rings. The first-order valence-electron chi connectivity index (χ1n) is 11.5. The smallest absolute Gasteiger partial charge is 0.184 e. The Morgan fingerprint density at radius 3 is 2.78 bits per heavy atom. The number of morpholine rings is 1. The molecule has 0 radical (unpaired) electrons. The zero-order valence-electron chi connectivity index (χ0n) is 19.9. The molecule has 36 heavy (non-hydrogen) atoms. The van der Waals surface area contributed by atoms with Crippen LogP contribution in [0.2, 0.25) is 0 Å². The molecule has 0 unspecified atom stereocenters. The monoisotopic (exact) mass is 513 g/mol. The third-order valence-corrected chi connectivity index (χ3v) is 5.62. The molecule has 1 fully saturated rings. The largest absolute Gasteiger partial charge is 0.493 e. The van der Waals surface area contributed by atoms with E-state index in [1.807, 2.05) is 0 Å². The topological polar surface area (TPSA) is 103 Å². The normalized spacial score (nSPS) is 14.2. The van der Waals surface area contributed by atoms with Gasteiger partial charge in [0.05, 0.1) is 38.7 Å². The molecule has 2 aromatic carbocycles. The maximum atomic E-state index is 14.7. The van der Waals surface area contributed by atoms with E-state index in [1.54, 1.807) is 37.6 Å². The molecule has 0 spiro atoms.